The smallest absolute Gasteiger partial charge is 0.239 e. The summed E-state index contributed by atoms with van der Waals surface area (Å²) in [6.07, 6.45) is 8.03. The van der Waals surface area contributed by atoms with Gasteiger partial charge in [-0.05, 0) is 89.8 Å². The first kappa shape index (κ1) is 37.1. The van der Waals surface area contributed by atoms with Crippen molar-refractivity contribution in [1.82, 2.24) is 20.9 Å². The average Bonchev–Trinajstić information content (AvgIpc) is 3.51. The van der Waals surface area contributed by atoms with Crippen LogP contribution in [-0.4, -0.2) is 84.1 Å². The average molecular weight is 673 g/mol. The Labute approximate surface area is 281 Å². The number of rotatable bonds is 14. The molecule has 1 saturated heterocycles. The highest BCUT2D eigenvalue weighted by Gasteiger charge is 2.45. The highest BCUT2D eigenvalue weighted by molar-refractivity contribution is 7.92. The summed E-state index contributed by atoms with van der Waals surface area (Å²) in [6, 6.07) is 11.2. The summed E-state index contributed by atoms with van der Waals surface area (Å²) in [5.41, 5.74) is 0.675. The van der Waals surface area contributed by atoms with E-state index >= 15 is 0 Å². The Kier molecular flexibility index (Phi) is 12.4. The van der Waals surface area contributed by atoms with Gasteiger partial charge in [0.05, 0.1) is 35.7 Å². The summed E-state index contributed by atoms with van der Waals surface area (Å²) in [6.45, 7) is 10.1. The number of amides is 2. The maximum Gasteiger partial charge on any atom is 0.239 e. The van der Waals surface area contributed by atoms with Gasteiger partial charge in [0.25, 0.3) is 0 Å². The van der Waals surface area contributed by atoms with Crippen LogP contribution in [0, 0.1) is 11.8 Å². The summed E-state index contributed by atoms with van der Waals surface area (Å²) in [7, 11) is -3.68. The molecule has 0 bridgehead atoms. The van der Waals surface area contributed by atoms with Crippen molar-refractivity contribution in [2.45, 2.75) is 121 Å². The zero-order valence-electron chi connectivity index (χ0n) is 29.0. The first-order valence-electron chi connectivity index (χ1n) is 17.1. The van der Waals surface area contributed by atoms with Crippen LogP contribution >= 0.6 is 0 Å². The molecule has 4 rings (SSSR count). The Morgan fingerprint density at radius 1 is 1.02 bits per heavy atom. The van der Waals surface area contributed by atoms with Crippen molar-refractivity contribution in [3.05, 3.63) is 60.1 Å². The van der Waals surface area contributed by atoms with E-state index in [1.807, 2.05) is 51.1 Å². The molecule has 0 unspecified atom stereocenters. The lowest BCUT2D eigenvalue weighted by molar-refractivity contribution is -0.133. The lowest BCUT2D eigenvalue weighted by atomic mass is 9.72. The molecule has 1 aliphatic carbocycles. The fourth-order valence-electron chi connectivity index (χ4n) is 7.07. The van der Waals surface area contributed by atoms with Gasteiger partial charge in [-0.15, -0.1) is 0 Å². The molecule has 10 nitrogen and oxygen atoms in total. The number of aryl methyl sites for hydroxylation is 1. The first-order valence-corrected chi connectivity index (χ1v) is 19.0. The number of β-amino-alcohol motifs (C(OH)–C–C–N with tert-alkyl or cyclic N) is 1. The number of furan rings is 1. The number of hydrogen-bond acceptors (Lipinski definition) is 8. The van der Waals surface area contributed by atoms with Gasteiger partial charge < -0.3 is 20.2 Å². The second-order valence-corrected chi connectivity index (χ2v) is 17.8. The van der Waals surface area contributed by atoms with Gasteiger partial charge in [0.15, 0.2) is 9.84 Å². The van der Waals surface area contributed by atoms with Gasteiger partial charge in [0.1, 0.15) is 11.8 Å². The zero-order chi connectivity index (χ0) is 34.4. The number of benzene rings is 1. The summed E-state index contributed by atoms with van der Waals surface area (Å²) < 4.78 is 29.8. The molecular formula is C36H56N4O6S. The van der Waals surface area contributed by atoms with Crippen LogP contribution in [0.25, 0.3) is 0 Å². The number of sulfone groups is 1. The monoisotopic (exact) mass is 672 g/mol. The van der Waals surface area contributed by atoms with Crippen molar-refractivity contribution in [2.75, 3.05) is 19.3 Å². The Morgan fingerprint density at radius 2 is 1.70 bits per heavy atom. The molecule has 262 valence electrons. The topological polar surface area (TPSA) is 141 Å². The minimum atomic E-state index is -3.68. The Morgan fingerprint density at radius 3 is 2.32 bits per heavy atom. The van der Waals surface area contributed by atoms with E-state index in [0.29, 0.717) is 30.4 Å². The maximum atomic E-state index is 14.1. The Balaban J connectivity index is 1.58. The van der Waals surface area contributed by atoms with Gasteiger partial charge in [0, 0.05) is 24.9 Å². The number of carbonyl (C=O) groups is 2. The number of nitrogens with one attached hydrogen (secondary N) is 3. The lowest BCUT2D eigenvalue weighted by Gasteiger charge is -2.47. The second kappa shape index (κ2) is 15.7. The van der Waals surface area contributed by atoms with Crippen LogP contribution in [0.1, 0.15) is 84.5 Å². The molecule has 1 aromatic heterocycles. The Bertz CT molecular complexity index is 1410. The number of fused-ring (bicyclic) bond motifs is 1. The number of aliphatic hydroxyl groups excluding tert-OH is 1. The number of carbonyl (C=O) groups excluding carboxylic acids is 2. The number of nitrogens with zero attached hydrogens (tertiary/aromatic N) is 1. The van der Waals surface area contributed by atoms with Crippen LogP contribution in [0.5, 0.6) is 0 Å². The molecule has 6 atom stereocenters. The summed E-state index contributed by atoms with van der Waals surface area (Å²) in [4.78, 5) is 29.8. The van der Waals surface area contributed by atoms with Crippen molar-refractivity contribution < 1.29 is 27.5 Å². The second-order valence-electron chi connectivity index (χ2n) is 15.2. The minimum Gasteiger partial charge on any atom is -0.468 e. The van der Waals surface area contributed by atoms with E-state index in [4.69, 9.17) is 4.42 Å². The molecule has 4 N–H and O–H groups in total. The zero-order valence-corrected chi connectivity index (χ0v) is 29.8. The summed E-state index contributed by atoms with van der Waals surface area (Å²) in [5, 5.41) is 21.2. The van der Waals surface area contributed by atoms with Gasteiger partial charge in [-0.3, -0.25) is 19.8 Å². The fourth-order valence-corrected chi connectivity index (χ4v) is 7.69. The number of aliphatic hydroxyl groups is 1. The van der Waals surface area contributed by atoms with Crippen LogP contribution < -0.4 is 16.0 Å². The van der Waals surface area contributed by atoms with Crippen molar-refractivity contribution in [3.63, 3.8) is 0 Å². The number of likely N-dealkylation sites (tertiary alicyclic amines) is 1. The largest absolute Gasteiger partial charge is 0.468 e. The highest BCUT2D eigenvalue weighted by Crippen LogP contribution is 2.39. The van der Waals surface area contributed by atoms with E-state index in [1.165, 1.54) is 33.0 Å². The molecule has 2 aromatic rings. The van der Waals surface area contributed by atoms with E-state index < -0.39 is 38.7 Å². The summed E-state index contributed by atoms with van der Waals surface area (Å²) in [5.74, 6) is 0.977. The quantitative estimate of drug-likeness (QED) is 0.238. The molecule has 2 fully saturated rings. The molecule has 2 amide bonds. The van der Waals surface area contributed by atoms with Gasteiger partial charge in [0.2, 0.25) is 11.8 Å². The molecule has 1 saturated carbocycles. The van der Waals surface area contributed by atoms with Crippen molar-refractivity contribution in [2.24, 2.45) is 11.8 Å². The van der Waals surface area contributed by atoms with Gasteiger partial charge in [-0.25, -0.2) is 8.42 Å². The normalized spacial score (nSPS) is 22.9. The minimum absolute atomic E-state index is 0.0318. The predicted octanol–water partition coefficient (Wildman–Crippen LogP) is 3.83. The van der Waals surface area contributed by atoms with Gasteiger partial charge >= 0.3 is 0 Å². The van der Waals surface area contributed by atoms with E-state index in [9.17, 15) is 23.1 Å². The van der Waals surface area contributed by atoms with Gasteiger partial charge in [-0.1, -0.05) is 49.6 Å². The third-order valence-corrected chi connectivity index (χ3v) is 12.2. The van der Waals surface area contributed by atoms with E-state index in [1.54, 1.807) is 12.1 Å². The third kappa shape index (κ3) is 10.1. The standard InChI is InChI=1S/C36H56N4O6S/c1-35(2,3)39-33(42)30-21-26-15-10-11-16-27(26)23-40(30)24-31(41)29(19-18-25-13-8-7-9-14-25)38-34(43)32(36(4,5)47(6,44)45)37-22-28-17-12-20-46-28/h7-9,12-14,17,20,26-27,29-32,37,41H,10-11,15-16,18-19,21-24H2,1-6H3,(H,38,43)(H,39,42)/t26-,27+,29-,30-,31+,32+/m0/s1. The predicted molar refractivity (Wildman–Crippen MR) is 184 cm³/mol. The van der Waals surface area contributed by atoms with Crippen LogP contribution in [0.2, 0.25) is 0 Å². The lowest BCUT2D eigenvalue weighted by Crippen LogP contribution is -2.63. The van der Waals surface area contributed by atoms with Crippen molar-refractivity contribution in [3.8, 4) is 0 Å². The molecule has 1 aliphatic heterocycles. The molecule has 0 spiro atoms. The molecule has 11 heteroatoms. The van der Waals surface area contributed by atoms with E-state index in [0.717, 1.165) is 37.6 Å². The van der Waals surface area contributed by atoms with E-state index in [-0.39, 0.29) is 30.6 Å². The third-order valence-electron chi connectivity index (χ3n) is 10.1. The van der Waals surface area contributed by atoms with Crippen LogP contribution in [0.4, 0.5) is 0 Å². The Hall–Kier alpha value is -2.73. The van der Waals surface area contributed by atoms with Crippen molar-refractivity contribution >= 4 is 21.7 Å². The SMILES string of the molecule is CC(C)(C)NC(=O)[C@@H]1C[C@@H]2CCCC[C@@H]2CN1C[C@@H](O)[C@H](CCc1ccccc1)NC(=O)[C@@H](NCc1ccco1)C(C)(C)S(C)(=O)=O. The van der Waals surface area contributed by atoms with E-state index in [2.05, 4.69) is 20.9 Å². The molecule has 2 heterocycles. The van der Waals surface area contributed by atoms with Crippen molar-refractivity contribution in [1.29, 1.82) is 0 Å². The fraction of sp³-hybridized carbons (Fsp3) is 0.667. The maximum absolute atomic E-state index is 14.1. The molecule has 2 aliphatic rings. The number of hydrogen-bond donors (Lipinski definition) is 4. The van der Waals surface area contributed by atoms with Crippen LogP contribution in [0.15, 0.2) is 53.1 Å². The first-order chi connectivity index (χ1) is 22.0. The molecular weight excluding hydrogens is 616 g/mol. The summed E-state index contributed by atoms with van der Waals surface area (Å²) >= 11 is 0. The van der Waals surface area contributed by atoms with Crippen LogP contribution in [0.3, 0.4) is 0 Å². The molecule has 0 radical (unpaired) electrons. The highest BCUT2D eigenvalue weighted by atomic mass is 32.2. The van der Waals surface area contributed by atoms with Crippen LogP contribution in [-0.2, 0) is 32.4 Å². The van der Waals surface area contributed by atoms with Gasteiger partial charge in [-0.2, -0.15) is 0 Å². The molecule has 47 heavy (non-hydrogen) atoms. The number of piperidine rings is 1. The molecule has 1 aromatic carbocycles.